The lowest BCUT2D eigenvalue weighted by Crippen LogP contribution is -2.07. The van der Waals surface area contributed by atoms with Gasteiger partial charge in [-0.25, -0.2) is 4.98 Å². The van der Waals surface area contributed by atoms with Crippen molar-refractivity contribution in [1.82, 2.24) is 9.55 Å². The fraction of sp³-hybridized carbons (Fsp3) is 0.188. The Morgan fingerprint density at radius 2 is 1.75 bits per heavy atom. The molecule has 0 unspecified atom stereocenters. The minimum atomic E-state index is -0.0939. The standard InChI is InChI=1S/C16H16N2O2/c19-10-16-17-14-8-4-5-9-15(14)18(16)12-20-11-13-6-2-1-3-7-13/h1-9,19H,10-12H2. The van der Waals surface area contributed by atoms with Gasteiger partial charge in [0.05, 0.1) is 17.6 Å². The van der Waals surface area contributed by atoms with Gasteiger partial charge in [-0.1, -0.05) is 42.5 Å². The molecule has 1 aromatic heterocycles. The molecular weight excluding hydrogens is 252 g/mol. The Hall–Kier alpha value is -2.17. The van der Waals surface area contributed by atoms with Gasteiger partial charge >= 0.3 is 0 Å². The quantitative estimate of drug-likeness (QED) is 0.774. The van der Waals surface area contributed by atoms with Gasteiger partial charge in [-0.05, 0) is 17.7 Å². The van der Waals surface area contributed by atoms with Crippen LogP contribution in [0, 0.1) is 0 Å². The van der Waals surface area contributed by atoms with E-state index >= 15 is 0 Å². The van der Waals surface area contributed by atoms with E-state index in [2.05, 4.69) is 4.98 Å². The Labute approximate surface area is 117 Å². The zero-order valence-electron chi connectivity index (χ0n) is 11.1. The molecule has 2 aromatic carbocycles. The largest absolute Gasteiger partial charge is 0.388 e. The summed E-state index contributed by atoms with van der Waals surface area (Å²) in [6.07, 6.45) is 0. The minimum Gasteiger partial charge on any atom is -0.388 e. The summed E-state index contributed by atoms with van der Waals surface area (Å²) in [4.78, 5) is 4.39. The number of rotatable bonds is 5. The van der Waals surface area contributed by atoms with E-state index in [-0.39, 0.29) is 6.61 Å². The number of benzene rings is 2. The smallest absolute Gasteiger partial charge is 0.137 e. The molecule has 0 amide bonds. The monoisotopic (exact) mass is 268 g/mol. The summed E-state index contributed by atoms with van der Waals surface area (Å²) < 4.78 is 7.63. The van der Waals surface area contributed by atoms with Crippen molar-refractivity contribution in [3.63, 3.8) is 0 Å². The summed E-state index contributed by atoms with van der Waals surface area (Å²) >= 11 is 0. The first-order chi connectivity index (χ1) is 9.88. The number of fused-ring (bicyclic) bond motifs is 1. The first-order valence-electron chi connectivity index (χ1n) is 6.55. The molecule has 1 heterocycles. The van der Waals surface area contributed by atoms with Crippen LogP contribution >= 0.6 is 0 Å². The predicted octanol–water partition coefficient (Wildman–Crippen LogP) is 2.70. The van der Waals surface area contributed by atoms with Crippen molar-refractivity contribution in [2.45, 2.75) is 19.9 Å². The third-order valence-corrected chi connectivity index (χ3v) is 3.21. The summed E-state index contributed by atoms with van der Waals surface area (Å²) in [6, 6.07) is 17.8. The fourth-order valence-corrected chi connectivity index (χ4v) is 2.22. The van der Waals surface area contributed by atoms with Gasteiger partial charge in [-0.15, -0.1) is 0 Å². The average Bonchev–Trinajstić information content (AvgIpc) is 2.87. The van der Waals surface area contributed by atoms with Crippen LogP contribution in [0.15, 0.2) is 54.6 Å². The number of hydrogen-bond acceptors (Lipinski definition) is 3. The zero-order valence-corrected chi connectivity index (χ0v) is 11.1. The zero-order chi connectivity index (χ0) is 13.8. The molecule has 0 aliphatic heterocycles. The van der Waals surface area contributed by atoms with Crippen molar-refractivity contribution in [1.29, 1.82) is 0 Å². The molecule has 0 aliphatic carbocycles. The Morgan fingerprint density at radius 3 is 2.55 bits per heavy atom. The van der Waals surface area contributed by atoms with E-state index in [0.717, 1.165) is 16.6 Å². The molecule has 4 nitrogen and oxygen atoms in total. The summed E-state index contributed by atoms with van der Waals surface area (Å²) in [6.45, 7) is 0.826. The highest BCUT2D eigenvalue weighted by Gasteiger charge is 2.09. The Morgan fingerprint density at radius 1 is 1.00 bits per heavy atom. The molecule has 3 aromatic rings. The lowest BCUT2D eigenvalue weighted by molar-refractivity contribution is 0.0620. The third-order valence-electron chi connectivity index (χ3n) is 3.21. The number of aromatic nitrogens is 2. The minimum absolute atomic E-state index is 0.0939. The molecule has 3 rings (SSSR count). The first kappa shape index (κ1) is 12.8. The number of para-hydroxylation sites is 2. The second kappa shape index (κ2) is 5.86. The predicted molar refractivity (Wildman–Crippen MR) is 76.9 cm³/mol. The van der Waals surface area contributed by atoms with Crippen LogP contribution in [0.5, 0.6) is 0 Å². The molecular formula is C16H16N2O2. The maximum absolute atomic E-state index is 9.40. The molecule has 0 fully saturated rings. The van der Waals surface area contributed by atoms with Crippen LogP contribution < -0.4 is 0 Å². The number of aliphatic hydroxyl groups excluding tert-OH is 1. The first-order valence-corrected chi connectivity index (χ1v) is 6.55. The second-order valence-electron chi connectivity index (χ2n) is 4.57. The van der Waals surface area contributed by atoms with Crippen molar-refractivity contribution in [3.05, 3.63) is 66.0 Å². The average molecular weight is 268 g/mol. The molecule has 4 heteroatoms. The number of nitrogens with zero attached hydrogens (tertiary/aromatic N) is 2. The molecule has 20 heavy (non-hydrogen) atoms. The fourth-order valence-electron chi connectivity index (χ4n) is 2.22. The van der Waals surface area contributed by atoms with E-state index in [1.807, 2.05) is 59.2 Å². The molecule has 0 spiro atoms. The highest BCUT2D eigenvalue weighted by molar-refractivity contribution is 5.75. The van der Waals surface area contributed by atoms with Crippen molar-refractivity contribution in [2.24, 2.45) is 0 Å². The SMILES string of the molecule is OCc1nc2ccccc2n1COCc1ccccc1. The number of ether oxygens (including phenoxy) is 1. The maximum atomic E-state index is 9.40. The van der Waals surface area contributed by atoms with Gasteiger partial charge in [0.25, 0.3) is 0 Å². The van der Waals surface area contributed by atoms with E-state index in [0.29, 0.717) is 19.2 Å². The van der Waals surface area contributed by atoms with Crippen LogP contribution in [0.4, 0.5) is 0 Å². The van der Waals surface area contributed by atoms with E-state index in [1.165, 1.54) is 0 Å². The molecule has 0 bridgehead atoms. The molecule has 0 saturated heterocycles. The summed E-state index contributed by atoms with van der Waals surface area (Å²) in [7, 11) is 0. The number of aliphatic hydroxyl groups is 1. The van der Waals surface area contributed by atoms with Gasteiger partial charge in [0, 0.05) is 0 Å². The van der Waals surface area contributed by atoms with Gasteiger partial charge < -0.3 is 14.4 Å². The summed E-state index contributed by atoms with van der Waals surface area (Å²) in [5.74, 6) is 0.624. The van der Waals surface area contributed by atoms with Crippen molar-refractivity contribution in [3.8, 4) is 0 Å². The van der Waals surface area contributed by atoms with Crippen molar-refractivity contribution >= 4 is 11.0 Å². The van der Waals surface area contributed by atoms with Crippen LogP contribution in [0.25, 0.3) is 11.0 Å². The van der Waals surface area contributed by atoms with Gasteiger partial charge in [0.1, 0.15) is 19.2 Å². The normalized spacial score (nSPS) is 11.1. The Kier molecular flexibility index (Phi) is 3.76. The van der Waals surface area contributed by atoms with Gasteiger partial charge in [-0.2, -0.15) is 0 Å². The molecule has 0 radical (unpaired) electrons. The van der Waals surface area contributed by atoms with Crippen LogP contribution in [-0.2, 0) is 24.7 Å². The van der Waals surface area contributed by atoms with Crippen LogP contribution in [0.2, 0.25) is 0 Å². The molecule has 0 aliphatic rings. The summed E-state index contributed by atoms with van der Waals surface area (Å²) in [5.41, 5.74) is 2.98. The van der Waals surface area contributed by atoms with Crippen LogP contribution in [0.1, 0.15) is 11.4 Å². The van der Waals surface area contributed by atoms with Crippen LogP contribution in [-0.4, -0.2) is 14.7 Å². The Balaban J connectivity index is 1.77. The molecule has 1 N–H and O–H groups in total. The van der Waals surface area contributed by atoms with Gasteiger partial charge in [-0.3, -0.25) is 0 Å². The van der Waals surface area contributed by atoms with E-state index in [1.54, 1.807) is 0 Å². The van der Waals surface area contributed by atoms with Crippen molar-refractivity contribution in [2.75, 3.05) is 0 Å². The van der Waals surface area contributed by atoms with E-state index < -0.39 is 0 Å². The molecule has 0 atom stereocenters. The molecule has 102 valence electrons. The van der Waals surface area contributed by atoms with Gasteiger partial charge in [0.15, 0.2) is 0 Å². The maximum Gasteiger partial charge on any atom is 0.137 e. The lowest BCUT2D eigenvalue weighted by atomic mass is 10.2. The highest BCUT2D eigenvalue weighted by atomic mass is 16.5. The van der Waals surface area contributed by atoms with Crippen LogP contribution in [0.3, 0.4) is 0 Å². The highest BCUT2D eigenvalue weighted by Crippen LogP contribution is 2.16. The summed E-state index contributed by atoms with van der Waals surface area (Å²) in [5, 5.41) is 9.40. The number of hydrogen-bond donors (Lipinski definition) is 1. The van der Waals surface area contributed by atoms with E-state index in [9.17, 15) is 5.11 Å². The van der Waals surface area contributed by atoms with Gasteiger partial charge in [0.2, 0.25) is 0 Å². The molecule has 0 saturated carbocycles. The third kappa shape index (κ3) is 2.57. The topological polar surface area (TPSA) is 47.3 Å². The van der Waals surface area contributed by atoms with Crippen molar-refractivity contribution < 1.29 is 9.84 Å². The van der Waals surface area contributed by atoms with E-state index in [4.69, 9.17) is 4.74 Å². The number of imidazole rings is 1. The lowest BCUT2D eigenvalue weighted by Gasteiger charge is -2.09. The second-order valence-corrected chi connectivity index (χ2v) is 4.57. The Bertz CT molecular complexity index is 692.